The summed E-state index contributed by atoms with van der Waals surface area (Å²) >= 11 is 6.12. The monoisotopic (exact) mass is 410 g/mol. The standard InChI is InChI=1S/C22H19ClN2O4/c1-13-10-16(12-24-17-6-4-15(5-7-17)22(28)29-3)14(2)25(13)18-8-9-19(21(26)27)20(23)11-18/h4-12H,1-3H3,(H,26,27). The lowest BCUT2D eigenvalue weighted by molar-refractivity contribution is 0.0600. The lowest BCUT2D eigenvalue weighted by Gasteiger charge is -2.11. The van der Waals surface area contributed by atoms with Gasteiger partial charge in [0, 0.05) is 28.9 Å². The number of aliphatic imine (C=N–C) groups is 1. The number of methoxy groups -OCH3 is 1. The Hall–Kier alpha value is -3.38. The first kappa shape index (κ1) is 20.4. The maximum absolute atomic E-state index is 11.5. The molecule has 0 amide bonds. The van der Waals surface area contributed by atoms with Crippen molar-refractivity contribution in [3.05, 3.63) is 81.6 Å². The van der Waals surface area contributed by atoms with Crippen molar-refractivity contribution in [2.24, 2.45) is 4.99 Å². The normalized spacial score (nSPS) is 11.0. The fourth-order valence-electron chi connectivity index (χ4n) is 3.08. The van der Waals surface area contributed by atoms with Crippen molar-refractivity contribution in [2.75, 3.05) is 7.11 Å². The van der Waals surface area contributed by atoms with Crippen LogP contribution in [0.4, 0.5) is 5.69 Å². The summed E-state index contributed by atoms with van der Waals surface area (Å²) < 4.78 is 6.67. The predicted molar refractivity (Wildman–Crippen MR) is 112 cm³/mol. The number of benzene rings is 2. The fraction of sp³-hybridized carbons (Fsp3) is 0.136. The van der Waals surface area contributed by atoms with Crippen LogP contribution in [0, 0.1) is 13.8 Å². The molecule has 0 saturated heterocycles. The smallest absolute Gasteiger partial charge is 0.337 e. The first-order valence-corrected chi connectivity index (χ1v) is 9.14. The zero-order valence-electron chi connectivity index (χ0n) is 16.1. The highest BCUT2D eigenvalue weighted by Gasteiger charge is 2.13. The summed E-state index contributed by atoms with van der Waals surface area (Å²) in [6.07, 6.45) is 1.75. The topological polar surface area (TPSA) is 80.9 Å². The number of carbonyl (C=O) groups excluding carboxylic acids is 1. The van der Waals surface area contributed by atoms with Crippen molar-refractivity contribution in [3.8, 4) is 5.69 Å². The number of aromatic nitrogens is 1. The van der Waals surface area contributed by atoms with Gasteiger partial charge in [-0.1, -0.05) is 11.6 Å². The first-order valence-electron chi connectivity index (χ1n) is 8.76. The third-order valence-electron chi connectivity index (χ3n) is 4.55. The summed E-state index contributed by atoms with van der Waals surface area (Å²) in [7, 11) is 1.34. The van der Waals surface area contributed by atoms with Crippen molar-refractivity contribution >= 4 is 35.4 Å². The van der Waals surface area contributed by atoms with Crippen LogP contribution in [0.2, 0.25) is 5.02 Å². The minimum Gasteiger partial charge on any atom is -0.478 e. The molecule has 3 aromatic rings. The molecule has 29 heavy (non-hydrogen) atoms. The second kappa shape index (κ2) is 8.32. The van der Waals surface area contributed by atoms with Gasteiger partial charge >= 0.3 is 11.9 Å². The average Bonchev–Trinajstić information content (AvgIpc) is 2.99. The fourth-order valence-corrected chi connectivity index (χ4v) is 3.33. The highest BCUT2D eigenvalue weighted by Crippen LogP contribution is 2.25. The number of hydrogen-bond acceptors (Lipinski definition) is 4. The van der Waals surface area contributed by atoms with Crippen LogP contribution in [0.1, 0.15) is 37.7 Å². The Kier molecular flexibility index (Phi) is 5.84. The van der Waals surface area contributed by atoms with Crippen molar-refractivity contribution in [1.82, 2.24) is 4.57 Å². The molecule has 0 radical (unpaired) electrons. The van der Waals surface area contributed by atoms with Gasteiger partial charge in [0.05, 0.1) is 28.9 Å². The van der Waals surface area contributed by atoms with Gasteiger partial charge in [-0.25, -0.2) is 9.59 Å². The van der Waals surface area contributed by atoms with Gasteiger partial charge < -0.3 is 14.4 Å². The molecule has 1 heterocycles. The van der Waals surface area contributed by atoms with Gasteiger partial charge in [-0.2, -0.15) is 0 Å². The number of hydrogen-bond donors (Lipinski definition) is 1. The molecule has 2 aromatic carbocycles. The number of aromatic carboxylic acids is 1. The molecule has 0 bridgehead atoms. The SMILES string of the molecule is COC(=O)c1ccc(N=Cc2cc(C)n(-c3ccc(C(=O)O)c(Cl)c3)c2C)cc1. The largest absolute Gasteiger partial charge is 0.478 e. The number of halogens is 1. The Balaban J connectivity index is 1.90. The van der Waals surface area contributed by atoms with Gasteiger partial charge in [0.15, 0.2) is 0 Å². The van der Waals surface area contributed by atoms with E-state index in [1.807, 2.05) is 24.5 Å². The number of carboxylic acids is 1. The van der Waals surface area contributed by atoms with Gasteiger partial charge in [0.25, 0.3) is 0 Å². The molecule has 0 aliphatic carbocycles. The van der Waals surface area contributed by atoms with Crippen molar-refractivity contribution in [2.45, 2.75) is 13.8 Å². The molecule has 0 aliphatic rings. The maximum Gasteiger partial charge on any atom is 0.337 e. The van der Waals surface area contributed by atoms with Crippen LogP contribution in [0.5, 0.6) is 0 Å². The van der Waals surface area contributed by atoms with E-state index in [1.54, 1.807) is 42.6 Å². The predicted octanol–water partition coefficient (Wildman–Crippen LogP) is 4.98. The molecule has 7 heteroatoms. The minimum absolute atomic E-state index is 0.0649. The van der Waals surface area contributed by atoms with Crippen LogP contribution in [0.3, 0.4) is 0 Å². The van der Waals surface area contributed by atoms with E-state index < -0.39 is 11.9 Å². The van der Waals surface area contributed by atoms with Crippen molar-refractivity contribution in [1.29, 1.82) is 0 Å². The van der Waals surface area contributed by atoms with Gasteiger partial charge in [0.2, 0.25) is 0 Å². The summed E-state index contributed by atoms with van der Waals surface area (Å²) in [5.41, 5.74) is 4.83. The minimum atomic E-state index is -1.06. The second-order valence-corrected chi connectivity index (χ2v) is 6.84. The third-order valence-corrected chi connectivity index (χ3v) is 4.87. The van der Waals surface area contributed by atoms with Crippen LogP contribution in [-0.4, -0.2) is 34.9 Å². The molecule has 1 aromatic heterocycles. The summed E-state index contributed by atoms with van der Waals surface area (Å²) in [6.45, 7) is 3.90. The average molecular weight is 411 g/mol. The number of rotatable bonds is 5. The number of ether oxygens (including phenoxy) is 1. The van der Waals surface area contributed by atoms with Crippen LogP contribution < -0.4 is 0 Å². The molecule has 0 saturated carbocycles. The molecule has 0 spiro atoms. The van der Waals surface area contributed by atoms with E-state index in [1.165, 1.54) is 13.2 Å². The molecule has 3 rings (SSSR count). The van der Waals surface area contributed by atoms with Crippen LogP contribution in [0.15, 0.2) is 53.5 Å². The molecule has 0 fully saturated rings. The molecule has 0 aliphatic heterocycles. The molecule has 1 N–H and O–H groups in total. The quantitative estimate of drug-likeness (QED) is 0.475. The van der Waals surface area contributed by atoms with Gasteiger partial charge in [-0.15, -0.1) is 0 Å². The highest BCUT2D eigenvalue weighted by atomic mass is 35.5. The lowest BCUT2D eigenvalue weighted by Crippen LogP contribution is -2.02. The van der Waals surface area contributed by atoms with Gasteiger partial charge in [0.1, 0.15) is 0 Å². The Morgan fingerprint density at radius 1 is 1.10 bits per heavy atom. The highest BCUT2D eigenvalue weighted by molar-refractivity contribution is 6.33. The van der Waals surface area contributed by atoms with Crippen LogP contribution in [-0.2, 0) is 4.74 Å². The molecule has 6 nitrogen and oxygen atoms in total. The van der Waals surface area contributed by atoms with E-state index in [9.17, 15) is 9.59 Å². The van der Waals surface area contributed by atoms with E-state index in [2.05, 4.69) is 9.73 Å². The Morgan fingerprint density at radius 3 is 2.38 bits per heavy atom. The molecular weight excluding hydrogens is 392 g/mol. The number of nitrogens with zero attached hydrogens (tertiary/aromatic N) is 2. The van der Waals surface area contributed by atoms with E-state index in [-0.39, 0.29) is 10.6 Å². The third kappa shape index (κ3) is 4.22. The number of esters is 1. The maximum atomic E-state index is 11.5. The van der Waals surface area contributed by atoms with E-state index in [0.29, 0.717) is 11.3 Å². The van der Waals surface area contributed by atoms with Crippen LogP contribution in [0.25, 0.3) is 5.69 Å². The van der Waals surface area contributed by atoms with Crippen LogP contribution >= 0.6 is 11.6 Å². The Labute approximate surface area is 173 Å². The number of carboxylic acid groups (broad SMARTS) is 1. The van der Waals surface area contributed by atoms with E-state index in [4.69, 9.17) is 16.7 Å². The summed E-state index contributed by atoms with van der Waals surface area (Å²) in [5, 5.41) is 9.33. The molecule has 0 atom stereocenters. The van der Waals surface area contributed by atoms with E-state index >= 15 is 0 Å². The zero-order chi connectivity index (χ0) is 21.1. The zero-order valence-corrected chi connectivity index (χ0v) is 16.9. The molecule has 148 valence electrons. The molecule has 0 unspecified atom stereocenters. The Bertz CT molecular complexity index is 1110. The second-order valence-electron chi connectivity index (χ2n) is 6.43. The van der Waals surface area contributed by atoms with Crippen molar-refractivity contribution < 1.29 is 19.4 Å². The summed E-state index contributed by atoms with van der Waals surface area (Å²) in [6, 6.07) is 13.6. The van der Waals surface area contributed by atoms with Gasteiger partial charge in [-0.05, 0) is 62.4 Å². The number of carbonyl (C=O) groups is 2. The van der Waals surface area contributed by atoms with Gasteiger partial charge in [-0.3, -0.25) is 4.99 Å². The molecular formula is C22H19ClN2O4. The lowest BCUT2D eigenvalue weighted by atomic mass is 10.2. The number of aryl methyl sites for hydroxylation is 1. The Morgan fingerprint density at radius 2 is 1.79 bits per heavy atom. The summed E-state index contributed by atoms with van der Waals surface area (Å²) in [4.78, 5) is 27.1. The van der Waals surface area contributed by atoms with Crippen molar-refractivity contribution in [3.63, 3.8) is 0 Å². The first-order chi connectivity index (χ1) is 13.8. The summed E-state index contributed by atoms with van der Waals surface area (Å²) in [5.74, 6) is -1.45. The van der Waals surface area contributed by atoms with E-state index in [0.717, 1.165) is 22.6 Å².